The van der Waals surface area contributed by atoms with E-state index in [2.05, 4.69) is 40.8 Å². The Morgan fingerprint density at radius 3 is 2.32 bits per heavy atom. The van der Waals surface area contributed by atoms with Gasteiger partial charge in [-0.15, -0.1) is 10.2 Å². The van der Waals surface area contributed by atoms with Crippen molar-refractivity contribution in [2.45, 2.75) is 70.8 Å². The highest BCUT2D eigenvalue weighted by molar-refractivity contribution is 7.15. The molecule has 124 valence electrons. The lowest BCUT2D eigenvalue weighted by Gasteiger charge is -2.38. The zero-order valence-electron chi connectivity index (χ0n) is 14.3. The van der Waals surface area contributed by atoms with Crippen LogP contribution < -0.4 is 4.90 Å². The summed E-state index contributed by atoms with van der Waals surface area (Å²) in [4.78, 5) is 5.22. The molecule has 1 atom stereocenters. The number of piperidine rings is 1. The van der Waals surface area contributed by atoms with Crippen molar-refractivity contribution in [1.29, 1.82) is 0 Å². The van der Waals surface area contributed by atoms with Gasteiger partial charge >= 0.3 is 0 Å². The minimum absolute atomic E-state index is 0.107. The fourth-order valence-electron chi connectivity index (χ4n) is 3.53. The molecule has 0 aromatic carbocycles. The number of likely N-dealkylation sites (tertiary alicyclic amines) is 1. The molecular formula is C17H30N4S. The Kier molecular flexibility index (Phi) is 5.03. The summed E-state index contributed by atoms with van der Waals surface area (Å²) in [7, 11) is 0. The number of hydrogen-bond acceptors (Lipinski definition) is 5. The van der Waals surface area contributed by atoms with Gasteiger partial charge in [-0.25, -0.2) is 0 Å². The maximum atomic E-state index is 4.48. The smallest absolute Gasteiger partial charge is 0.208 e. The van der Waals surface area contributed by atoms with Crippen LogP contribution in [-0.4, -0.2) is 47.3 Å². The van der Waals surface area contributed by atoms with E-state index in [0.717, 1.165) is 23.2 Å². The molecule has 2 fully saturated rings. The van der Waals surface area contributed by atoms with E-state index < -0.39 is 0 Å². The normalized spacial score (nSPS) is 25.2. The van der Waals surface area contributed by atoms with Crippen molar-refractivity contribution in [1.82, 2.24) is 15.1 Å². The van der Waals surface area contributed by atoms with Gasteiger partial charge in [0.1, 0.15) is 5.01 Å². The van der Waals surface area contributed by atoms with Gasteiger partial charge in [-0.3, -0.25) is 4.90 Å². The largest absolute Gasteiger partial charge is 0.345 e. The second kappa shape index (κ2) is 6.83. The summed E-state index contributed by atoms with van der Waals surface area (Å²) in [5.74, 6) is 0. The van der Waals surface area contributed by atoms with Crippen LogP contribution in [0.25, 0.3) is 0 Å². The minimum Gasteiger partial charge on any atom is -0.345 e. The van der Waals surface area contributed by atoms with Crippen molar-refractivity contribution in [2.75, 3.05) is 31.1 Å². The monoisotopic (exact) mass is 322 g/mol. The van der Waals surface area contributed by atoms with Crippen LogP contribution in [0.3, 0.4) is 0 Å². The Labute approximate surface area is 138 Å². The topological polar surface area (TPSA) is 32.3 Å². The molecule has 2 saturated heterocycles. The summed E-state index contributed by atoms with van der Waals surface area (Å²) < 4.78 is 0. The molecule has 0 spiro atoms. The van der Waals surface area contributed by atoms with Crippen molar-refractivity contribution in [3.8, 4) is 0 Å². The highest BCUT2D eigenvalue weighted by Gasteiger charge is 2.28. The van der Waals surface area contributed by atoms with Crippen molar-refractivity contribution in [3.63, 3.8) is 0 Å². The van der Waals surface area contributed by atoms with Crippen LogP contribution in [0.15, 0.2) is 0 Å². The van der Waals surface area contributed by atoms with E-state index >= 15 is 0 Å². The van der Waals surface area contributed by atoms with Crippen LogP contribution in [0.2, 0.25) is 0 Å². The molecule has 3 rings (SSSR count). The van der Waals surface area contributed by atoms with Gasteiger partial charge in [-0.05, 0) is 38.8 Å². The Morgan fingerprint density at radius 1 is 0.955 bits per heavy atom. The molecule has 5 heteroatoms. The number of anilines is 1. The quantitative estimate of drug-likeness (QED) is 0.831. The predicted octanol–water partition coefficient (Wildman–Crippen LogP) is 3.68. The first-order valence-electron chi connectivity index (χ1n) is 8.87. The number of hydrogen-bond donors (Lipinski definition) is 0. The van der Waals surface area contributed by atoms with Gasteiger partial charge in [0.25, 0.3) is 0 Å². The third-order valence-electron chi connectivity index (χ3n) is 4.88. The molecule has 0 radical (unpaired) electrons. The second-order valence-corrected chi connectivity index (χ2v) is 8.79. The summed E-state index contributed by atoms with van der Waals surface area (Å²) in [6.07, 6.45) is 8.22. The first-order valence-corrected chi connectivity index (χ1v) is 9.69. The van der Waals surface area contributed by atoms with Gasteiger partial charge < -0.3 is 4.90 Å². The molecule has 0 N–H and O–H groups in total. The highest BCUT2D eigenvalue weighted by atomic mass is 32.1. The molecule has 0 saturated carbocycles. The average molecular weight is 323 g/mol. The van der Waals surface area contributed by atoms with Crippen LogP contribution in [0, 0.1) is 0 Å². The third kappa shape index (κ3) is 3.80. The van der Waals surface area contributed by atoms with Crippen LogP contribution in [-0.2, 0) is 5.41 Å². The van der Waals surface area contributed by atoms with E-state index in [4.69, 9.17) is 0 Å². The minimum atomic E-state index is 0.107. The lowest BCUT2D eigenvalue weighted by Crippen LogP contribution is -2.48. The predicted molar refractivity (Wildman–Crippen MR) is 93.9 cm³/mol. The number of aromatic nitrogens is 2. The fourth-order valence-corrected chi connectivity index (χ4v) is 4.47. The van der Waals surface area contributed by atoms with Gasteiger partial charge in [0.05, 0.1) is 0 Å². The van der Waals surface area contributed by atoms with E-state index in [-0.39, 0.29) is 5.41 Å². The molecule has 0 aliphatic carbocycles. The van der Waals surface area contributed by atoms with Crippen LogP contribution >= 0.6 is 11.3 Å². The zero-order chi connectivity index (χ0) is 15.6. The standard InChI is InChI=1S/C17H30N4S/c1-17(2,3)15-18-19-16(22-15)21-12-8-9-14(13-21)20-10-6-4-5-7-11-20/h14H,4-13H2,1-3H3. The SMILES string of the molecule is CC(C)(C)c1nnc(N2CCCC(N3CCCCCC3)C2)s1. The van der Waals surface area contributed by atoms with Gasteiger partial charge in [0.2, 0.25) is 5.13 Å². The molecule has 2 aliphatic heterocycles. The van der Waals surface area contributed by atoms with Gasteiger partial charge in [0.15, 0.2) is 0 Å². The number of rotatable bonds is 2. The average Bonchev–Trinajstić information content (AvgIpc) is 2.84. The molecule has 1 aromatic rings. The molecule has 1 aromatic heterocycles. The molecule has 2 aliphatic rings. The van der Waals surface area contributed by atoms with Crippen molar-refractivity contribution in [3.05, 3.63) is 5.01 Å². The Hall–Kier alpha value is -0.680. The molecule has 22 heavy (non-hydrogen) atoms. The van der Waals surface area contributed by atoms with E-state index in [1.165, 1.54) is 51.6 Å². The summed E-state index contributed by atoms with van der Waals surface area (Å²) in [6.45, 7) is 11.5. The Balaban J connectivity index is 1.66. The zero-order valence-corrected chi connectivity index (χ0v) is 15.2. The molecule has 0 amide bonds. The van der Waals surface area contributed by atoms with Crippen LogP contribution in [0.5, 0.6) is 0 Å². The van der Waals surface area contributed by atoms with E-state index in [1.54, 1.807) is 11.3 Å². The summed E-state index contributed by atoms with van der Waals surface area (Å²) >= 11 is 1.78. The van der Waals surface area contributed by atoms with Gasteiger partial charge in [-0.1, -0.05) is 44.9 Å². The van der Waals surface area contributed by atoms with Gasteiger partial charge in [0, 0.05) is 24.5 Å². The van der Waals surface area contributed by atoms with Crippen molar-refractivity contribution in [2.24, 2.45) is 0 Å². The van der Waals surface area contributed by atoms with E-state index in [9.17, 15) is 0 Å². The Bertz CT molecular complexity index is 471. The molecule has 4 nitrogen and oxygen atoms in total. The van der Waals surface area contributed by atoms with E-state index in [0.29, 0.717) is 6.04 Å². The maximum absolute atomic E-state index is 4.48. The van der Waals surface area contributed by atoms with Crippen LogP contribution in [0.4, 0.5) is 5.13 Å². The summed E-state index contributed by atoms with van der Waals surface area (Å²) in [6, 6.07) is 0.717. The number of nitrogens with zero attached hydrogens (tertiary/aromatic N) is 4. The summed E-state index contributed by atoms with van der Waals surface area (Å²) in [5.41, 5.74) is 0.107. The maximum Gasteiger partial charge on any atom is 0.208 e. The van der Waals surface area contributed by atoms with Crippen molar-refractivity contribution < 1.29 is 0 Å². The van der Waals surface area contributed by atoms with Crippen LogP contribution in [0.1, 0.15) is 64.3 Å². The van der Waals surface area contributed by atoms with Crippen molar-refractivity contribution >= 4 is 16.5 Å². The Morgan fingerprint density at radius 2 is 1.68 bits per heavy atom. The molecule has 0 bridgehead atoms. The first-order chi connectivity index (χ1) is 10.5. The van der Waals surface area contributed by atoms with E-state index in [1.807, 2.05) is 0 Å². The lowest BCUT2D eigenvalue weighted by molar-refractivity contribution is 0.182. The first kappa shape index (κ1) is 16.2. The molecular weight excluding hydrogens is 292 g/mol. The highest BCUT2D eigenvalue weighted by Crippen LogP contribution is 2.31. The molecule has 3 heterocycles. The fraction of sp³-hybridized carbons (Fsp3) is 0.882. The van der Waals surface area contributed by atoms with Gasteiger partial charge in [-0.2, -0.15) is 0 Å². The summed E-state index contributed by atoms with van der Waals surface area (Å²) in [5, 5.41) is 11.2. The second-order valence-electron chi connectivity index (χ2n) is 7.83. The molecule has 1 unspecified atom stereocenters. The lowest BCUT2D eigenvalue weighted by atomic mass is 9.98. The third-order valence-corrected chi connectivity index (χ3v) is 6.29.